The summed E-state index contributed by atoms with van der Waals surface area (Å²) in [6.07, 6.45) is 8.55. The van der Waals surface area contributed by atoms with Crippen molar-refractivity contribution in [1.29, 1.82) is 5.26 Å². The highest BCUT2D eigenvalue weighted by Gasteiger charge is 2.33. The van der Waals surface area contributed by atoms with Crippen LogP contribution in [0.4, 0.5) is 0 Å². The van der Waals surface area contributed by atoms with Crippen LogP contribution in [0.5, 0.6) is 0 Å². The molecule has 1 heterocycles. The molecule has 2 rings (SSSR count). The monoisotopic (exact) mass is 250 g/mol. The molecule has 100 valence electrons. The van der Waals surface area contributed by atoms with E-state index in [0.717, 1.165) is 51.6 Å². The van der Waals surface area contributed by atoms with Crippen molar-refractivity contribution in [3.63, 3.8) is 0 Å². The minimum Gasteiger partial charge on any atom is -0.378 e. The minimum atomic E-state index is -0.591. The average Bonchev–Trinajstić information content (AvgIpc) is 2.91. The zero-order chi connectivity index (χ0) is 12.8. The summed E-state index contributed by atoms with van der Waals surface area (Å²) in [4.78, 5) is 11.9. The summed E-state index contributed by atoms with van der Waals surface area (Å²) < 4.78 is 5.50. The number of amides is 1. The van der Waals surface area contributed by atoms with E-state index in [2.05, 4.69) is 11.4 Å². The summed E-state index contributed by atoms with van der Waals surface area (Å²) >= 11 is 0. The number of rotatable bonds is 4. The van der Waals surface area contributed by atoms with Crippen LogP contribution in [0.25, 0.3) is 0 Å². The van der Waals surface area contributed by atoms with Gasteiger partial charge in [0.15, 0.2) is 0 Å². The van der Waals surface area contributed by atoms with Crippen LogP contribution in [0, 0.1) is 11.3 Å². The Balaban J connectivity index is 1.76. The van der Waals surface area contributed by atoms with E-state index in [-0.39, 0.29) is 12.0 Å². The second-order valence-electron chi connectivity index (χ2n) is 5.48. The average molecular weight is 250 g/mol. The Morgan fingerprint density at radius 1 is 1.33 bits per heavy atom. The van der Waals surface area contributed by atoms with Crippen molar-refractivity contribution in [2.75, 3.05) is 6.61 Å². The standard InChI is InChI=1S/C14H22N2O2/c15-11-14(8-2-1-3-9-14)16-13(17)7-6-12-5-4-10-18-12/h12H,1-10H2,(H,16,17). The fraction of sp³-hybridized carbons (Fsp3) is 0.857. The largest absolute Gasteiger partial charge is 0.378 e. The van der Waals surface area contributed by atoms with Crippen LogP contribution in [0.3, 0.4) is 0 Å². The molecule has 1 saturated heterocycles. The summed E-state index contributed by atoms with van der Waals surface area (Å²) in [5.41, 5.74) is -0.591. The SMILES string of the molecule is N#CC1(NC(=O)CCC2CCCO2)CCCCC1. The van der Waals surface area contributed by atoms with E-state index < -0.39 is 5.54 Å². The molecule has 1 amide bonds. The molecule has 1 aliphatic heterocycles. The number of nitrogens with one attached hydrogen (secondary N) is 1. The van der Waals surface area contributed by atoms with E-state index in [9.17, 15) is 10.1 Å². The first-order valence-electron chi connectivity index (χ1n) is 7.08. The number of hydrogen-bond donors (Lipinski definition) is 1. The first kappa shape index (κ1) is 13.4. The Labute approximate surface area is 109 Å². The highest BCUT2D eigenvalue weighted by atomic mass is 16.5. The second-order valence-corrected chi connectivity index (χ2v) is 5.48. The van der Waals surface area contributed by atoms with Crippen LogP contribution >= 0.6 is 0 Å². The number of hydrogen-bond acceptors (Lipinski definition) is 3. The van der Waals surface area contributed by atoms with Gasteiger partial charge in [-0.05, 0) is 32.1 Å². The van der Waals surface area contributed by atoms with E-state index in [0.29, 0.717) is 6.42 Å². The summed E-state index contributed by atoms with van der Waals surface area (Å²) in [5, 5.41) is 12.2. The van der Waals surface area contributed by atoms with E-state index >= 15 is 0 Å². The van der Waals surface area contributed by atoms with E-state index in [1.165, 1.54) is 6.42 Å². The summed E-state index contributed by atoms with van der Waals surface area (Å²) in [5.74, 6) is 0.00829. The van der Waals surface area contributed by atoms with Gasteiger partial charge in [-0.2, -0.15) is 5.26 Å². The number of nitriles is 1. The molecule has 4 nitrogen and oxygen atoms in total. The van der Waals surface area contributed by atoms with Crippen molar-refractivity contribution < 1.29 is 9.53 Å². The van der Waals surface area contributed by atoms with Gasteiger partial charge in [-0.15, -0.1) is 0 Å². The first-order valence-corrected chi connectivity index (χ1v) is 7.08. The topological polar surface area (TPSA) is 62.1 Å². The molecular weight excluding hydrogens is 228 g/mol. The molecule has 1 N–H and O–H groups in total. The fourth-order valence-electron chi connectivity index (χ4n) is 2.91. The van der Waals surface area contributed by atoms with Crippen molar-refractivity contribution in [3.05, 3.63) is 0 Å². The van der Waals surface area contributed by atoms with Gasteiger partial charge in [-0.3, -0.25) is 4.79 Å². The maximum absolute atomic E-state index is 11.9. The molecule has 18 heavy (non-hydrogen) atoms. The van der Waals surface area contributed by atoms with Crippen LogP contribution in [-0.4, -0.2) is 24.2 Å². The van der Waals surface area contributed by atoms with E-state index in [1.54, 1.807) is 0 Å². The van der Waals surface area contributed by atoms with Gasteiger partial charge in [-0.1, -0.05) is 19.3 Å². The quantitative estimate of drug-likeness (QED) is 0.832. The molecular formula is C14H22N2O2. The van der Waals surface area contributed by atoms with Crippen LogP contribution in [0.2, 0.25) is 0 Å². The lowest BCUT2D eigenvalue weighted by Gasteiger charge is -2.31. The van der Waals surface area contributed by atoms with Gasteiger partial charge in [0.05, 0.1) is 12.2 Å². The third-order valence-electron chi connectivity index (χ3n) is 4.02. The number of nitrogens with zero attached hydrogens (tertiary/aromatic N) is 1. The highest BCUT2D eigenvalue weighted by Crippen LogP contribution is 2.27. The van der Waals surface area contributed by atoms with Gasteiger partial charge in [0.2, 0.25) is 5.91 Å². The molecule has 2 aliphatic rings. The number of carbonyl (C=O) groups is 1. The molecule has 0 aromatic rings. The highest BCUT2D eigenvalue weighted by molar-refractivity contribution is 5.77. The first-order chi connectivity index (χ1) is 8.74. The Bertz CT molecular complexity index is 323. The molecule has 4 heteroatoms. The molecule has 1 unspecified atom stereocenters. The van der Waals surface area contributed by atoms with Crippen molar-refractivity contribution in [3.8, 4) is 6.07 Å². The normalized spacial score (nSPS) is 26.5. The maximum atomic E-state index is 11.9. The summed E-state index contributed by atoms with van der Waals surface area (Å²) in [6.45, 7) is 0.828. The van der Waals surface area contributed by atoms with Crippen molar-refractivity contribution in [2.24, 2.45) is 0 Å². The Hall–Kier alpha value is -1.08. The van der Waals surface area contributed by atoms with Crippen molar-refractivity contribution in [2.45, 2.75) is 69.4 Å². The second kappa shape index (κ2) is 6.19. The third kappa shape index (κ3) is 3.46. The molecule has 0 radical (unpaired) electrons. The van der Waals surface area contributed by atoms with Gasteiger partial charge >= 0.3 is 0 Å². The smallest absolute Gasteiger partial charge is 0.221 e. The van der Waals surface area contributed by atoms with Crippen LogP contribution in [0.15, 0.2) is 0 Å². The zero-order valence-corrected chi connectivity index (χ0v) is 10.9. The predicted octanol–water partition coefficient (Wildman–Crippen LogP) is 2.29. The van der Waals surface area contributed by atoms with Gasteiger partial charge in [0.25, 0.3) is 0 Å². The molecule has 2 fully saturated rings. The Kier molecular flexibility index (Phi) is 4.60. The molecule has 0 aromatic heterocycles. The Morgan fingerprint density at radius 2 is 2.11 bits per heavy atom. The summed E-state index contributed by atoms with van der Waals surface area (Å²) in [7, 11) is 0. The van der Waals surface area contributed by atoms with Crippen LogP contribution in [0.1, 0.15) is 57.8 Å². The molecule has 0 aromatic carbocycles. The molecule has 0 bridgehead atoms. The molecule has 1 atom stereocenters. The van der Waals surface area contributed by atoms with Crippen LogP contribution in [-0.2, 0) is 9.53 Å². The lowest BCUT2D eigenvalue weighted by molar-refractivity contribution is -0.123. The van der Waals surface area contributed by atoms with Crippen LogP contribution < -0.4 is 5.32 Å². The lowest BCUT2D eigenvalue weighted by atomic mass is 9.82. The molecule has 1 saturated carbocycles. The number of carbonyl (C=O) groups excluding carboxylic acids is 1. The molecule has 0 spiro atoms. The van der Waals surface area contributed by atoms with E-state index in [4.69, 9.17) is 4.74 Å². The van der Waals surface area contributed by atoms with Gasteiger partial charge in [-0.25, -0.2) is 0 Å². The third-order valence-corrected chi connectivity index (χ3v) is 4.02. The lowest BCUT2D eigenvalue weighted by Crippen LogP contribution is -2.48. The van der Waals surface area contributed by atoms with Crippen molar-refractivity contribution in [1.82, 2.24) is 5.32 Å². The van der Waals surface area contributed by atoms with E-state index in [1.807, 2.05) is 0 Å². The Morgan fingerprint density at radius 3 is 2.72 bits per heavy atom. The van der Waals surface area contributed by atoms with Crippen molar-refractivity contribution >= 4 is 5.91 Å². The zero-order valence-electron chi connectivity index (χ0n) is 10.9. The number of ether oxygens (including phenoxy) is 1. The predicted molar refractivity (Wildman–Crippen MR) is 67.8 cm³/mol. The summed E-state index contributed by atoms with van der Waals surface area (Å²) in [6, 6.07) is 2.31. The minimum absolute atomic E-state index is 0.00829. The van der Waals surface area contributed by atoms with Gasteiger partial charge < -0.3 is 10.1 Å². The fourth-order valence-corrected chi connectivity index (χ4v) is 2.91. The maximum Gasteiger partial charge on any atom is 0.221 e. The molecule has 1 aliphatic carbocycles. The van der Waals surface area contributed by atoms with Gasteiger partial charge in [0, 0.05) is 13.0 Å². The van der Waals surface area contributed by atoms with Gasteiger partial charge in [0.1, 0.15) is 5.54 Å².